The number of amides is 1. The first kappa shape index (κ1) is 7.00. The third kappa shape index (κ3) is 5.00. The molecule has 0 saturated heterocycles. The first-order valence-corrected chi connectivity index (χ1v) is 1.88. The number of carboxylic acid groups (broad SMARTS) is 1. The molecule has 1 amide bonds. The molecule has 0 aliphatic rings. The Labute approximate surface area is 47.3 Å². The van der Waals surface area contributed by atoms with Crippen LogP contribution in [0.5, 0.6) is 0 Å². The van der Waals surface area contributed by atoms with E-state index in [-0.39, 0.29) is 6.54 Å². The molecule has 0 bridgehead atoms. The summed E-state index contributed by atoms with van der Waals surface area (Å²) in [6.07, 6.45) is -1.25. The van der Waals surface area contributed by atoms with Gasteiger partial charge in [0, 0.05) is 0 Å². The molecule has 0 saturated carbocycles. The van der Waals surface area contributed by atoms with Crippen LogP contribution in [0.4, 0.5) is 4.79 Å². The second-order valence-electron chi connectivity index (χ2n) is 1.13. The average molecular weight is 113 g/mol. The van der Waals surface area contributed by atoms with E-state index >= 15 is 0 Å². The number of carbonyl (C=O) groups excluding carboxylic acids is 1. The highest BCUT2D eigenvalue weighted by molar-refractivity contribution is 6.58. The Balaban J connectivity index is 3.18. The van der Waals surface area contributed by atoms with Crippen LogP contribution >= 0.6 is 0 Å². The van der Waals surface area contributed by atoms with E-state index in [1.165, 1.54) is 0 Å². The van der Waals surface area contributed by atoms with Crippen LogP contribution < -0.4 is 5.32 Å². The van der Waals surface area contributed by atoms with Crippen molar-refractivity contribution in [2.24, 2.45) is 0 Å². The Morgan fingerprint density at radius 1 is 1.62 bits per heavy atom. The Bertz CT molecular complexity index is 99.1. The van der Waals surface area contributed by atoms with Crippen LogP contribution in [-0.4, -0.2) is 31.3 Å². The molecule has 0 aliphatic carbocycles. The van der Waals surface area contributed by atoms with Gasteiger partial charge in [-0.25, -0.2) is 4.79 Å². The first-order valence-electron chi connectivity index (χ1n) is 1.88. The lowest BCUT2D eigenvalue weighted by Gasteiger charge is -1.92. The predicted molar refractivity (Wildman–Crippen MR) is 26.8 cm³/mol. The van der Waals surface area contributed by atoms with Gasteiger partial charge in [0.1, 0.15) is 0 Å². The van der Waals surface area contributed by atoms with Gasteiger partial charge in [-0.1, -0.05) is 0 Å². The number of hydrogen-bond donors (Lipinski definition) is 2. The number of hydrogen-bond acceptors (Lipinski definition) is 2. The molecule has 0 aromatic rings. The molecule has 4 nitrogen and oxygen atoms in total. The molecule has 8 heavy (non-hydrogen) atoms. The lowest BCUT2D eigenvalue weighted by molar-refractivity contribution is -0.110. The molecule has 0 aromatic carbocycles. The molecule has 0 aliphatic heterocycles. The molecule has 42 valence electrons. The van der Waals surface area contributed by atoms with Gasteiger partial charge < -0.3 is 15.2 Å². The minimum atomic E-state index is -1.25. The average Bonchev–Trinajstić information content (AvgIpc) is 1.61. The van der Waals surface area contributed by atoms with Crippen molar-refractivity contribution in [1.82, 2.24) is 5.32 Å². The summed E-state index contributed by atoms with van der Waals surface area (Å²) in [6.45, 7) is -0.324. The fourth-order valence-corrected chi connectivity index (χ4v) is 0.163. The number of carbonyl (C=O) groups is 2. The maximum atomic E-state index is 9.80. The van der Waals surface area contributed by atoms with Crippen LogP contribution in [0.25, 0.3) is 0 Å². The topological polar surface area (TPSA) is 66.4 Å². The zero-order valence-corrected chi connectivity index (χ0v) is 4.05. The predicted octanol–water partition coefficient (Wildman–Crippen LogP) is -1.05. The van der Waals surface area contributed by atoms with E-state index in [2.05, 4.69) is 7.85 Å². The monoisotopic (exact) mass is 113 g/mol. The second kappa shape index (κ2) is 3.07. The highest BCUT2D eigenvalue weighted by Gasteiger charge is 1.93. The van der Waals surface area contributed by atoms with Gasteiger partial charge in [0.2, 0.25) is 0 Å². The smallest absolute Gasteiger partial charge is 0.404 e. The molecule has 0 aromatic heterocycles. The van der Waals surface area contributed by atoms with Crippen molar-refractivity contribution >= 4 is 19.6 Å². The fourth-order valence-electron chi connectivity index (χ4n) is 0.163. The van der Waals surface area contributed by atoms with E-state index in [0.717, 1.165) is 0 Å². The Hall–Kier alpha value is -0.995. The fraction of sp³-hybridized carbons (Fsp3) is 0.333. The van der Waals surface area contributed by atoms with Crippen LogP contribution in [0, 0.1) is 0 Å². The minimum Gasteiger partial charge on any atom is -0.465 e. The SMILES string of the molecule is [B]C(=O)CNC(=O)O. The first-order chi connectivity index (χ1) is 3.63. The molecule has 0 spiro atoms. The molecule has 0 atom stereocenters. The van der Waals surface area contributed by atoms with Gasteiger partial charge >= 0.3 is 6.09 Å². The molecule has 2 radical (unpaired) electrons. The summed E-state index contributed by atoms with van der Waals surface area (Å²) >= 11 is 0. The van der Waals surface area contributed by atoms with Crippen LogP contribution in [0.2, 0.25) is 0 Å². The van der Waals surface area contributed by atoms with Crippen molar-refractivity contribution in [2.45, 2.75) is 0 Å². The van der Waals surface area contributed by atoms with Gasteiger partial charge in [-0.2, -0.15) is 0 Å². The molecule has 0 fully saturated rings. The summed E-state index contributed by atoms with van der Waals surface area (Å²) in [5, 5.41) is 9.63. The Morgan fingerprint density at radius 3 is 2.25 bits per heavy atom. The summed E-state index contributed by atoms with van der Waals surface area (Å²) in [5.74, 6) is 0. The highest BCUT2D eigenvalue weighted by Crippen LogP contribution is 1.59. The molecule has 2 N–H and O–H groups in total. The van der Waals surface area contributed by atoms with E-state index in [1.54, 1.807) is 5.32 Å². The molecule has 0 unspecified atom stereocenters. The van der Waals surface area contributed by atoms with Crippen LogP contribution in [0.1, 0.15) is 0 Å². The quantitative estimate of drug-likeness (QED) is 0.449. The van der Waals surface area contributed by atoms with E-state index in [1.807, 2.05) is 0 Å². The summed E-state index contributed by atoms with van der Waals surface area (Å²) in [4.78, 5) is 19.4. The van der Waals surface area contributed by atoms with Crippen molar-refractivity contribution in [3.63, 3.8) is 0 Å². The molecular weight excluding hydrogens is 109 g/mol. The molecule has 5 heteroatoms. The van der Waals surface area contributed by atoms with Gasteiger partial charge in [-0.3, -0.25) is 0 Å². The Morgan fingerprint density at radius 2 is 2.12 bits per heavy atom. The zero-order chi connectivity index (χ0) is 6.57. The number of nitrogens with one attached hydrogen (secondary N) is 1. The second-order valence-corrected chi connectivity index (χ2v) is 1.13. The summed E-state index contributed by atoms with van der Waals surface area (Å²) in [6, 6.07) is 0. The zero-order valence-electron chi connectivity index (χ0n) is 4.05. The molecule has 0 rings (SSSR count). The van der Waals surface area contributed by atoms with Crippen molar-refractivity contribution < 1.29 is 14.7 Å². The van der Waals surface area contributed by atoms with Gasteiger partial charge in [-0.05, 0) is 0 Å². The third-order valence-electron chi connectivity index (χ3n) is 0.414. The van der Waals surface area contributed by atoms with Crippen LogP contribution in [-0.2, 0) is 4.79 Å². The van der Waals surface area contributed by atoms with E-state index in [0.29, 0.717) is 0 Å². The summed E-state index contributed by atoms with van der Waals surface area (Å²) in [7, 11) is 4.58. The van der Waals surface area contributed by atoms with Gasteiger partial charge in [-0.15, -0.1) is 0 Å². The normalized spacial score (nSPS) is 8.00. The maximum Gasteiger partial charge on any atom is 0.404 e. The highest BCUT2D eigenvalue weighted by atomic mass is 16.4. The molecular formula is C3H4BNO3. The number of rotatable bonds is 2. The summed E-state index contributed by atoms with van der Waals surface area (Å²) in [5.41, 5.74) is -0.688. The van der Waals surface area contributed by atoms with Gasteiger partial charge in [0.15, 0.2) is 7.85 Å². The van der Waals surface area contributed by atoms with Crippen LogP contribution in [0.15, 0.2) is 0 Å². The lowest BCUT2D eigenvalue weighted by atomic mass is 10.0. The van der Waals surface area contributed by atoms with Gasteiger partial charge in [0.05, 0.1) is 12.2 Å². The standard InChI is InChI=1S/C3H4BNO3/c4-2(6)1-5-3(7)8/h5H,1H2,(H,7,8). The van der Waals surface area contributed by atoms with E-state index in [9.17, 15) is 9.59 Å². The van der Waals surface area contributed by atoms with E-state index in [4.69, 9.17) is 5.11 Å². The molecule has 0 heterocycles. The van der Waals surface area contributed by atoms with Gasteiger partial charge in [0.25, 0.3) is 0 Å². The van der Waals surface area contributed by atoms with Crippen LogP contribution in [0.3, 0.4) is 0 Å². The Kier molecular flexibility index (Phi) is 2.68. The van der Waals surface area contributed by atoms with Crippen molar-refractivity contribution in [3.8, 4) is 0 Å². The van der Waals surface area contributed by atoms with Crippen molar-refractivity contribution in [1.29, 1.82) is 0 Å². The lowest BCUT2D eigenvalue weighted by Crippen LogP contribution is -2.27. The van der Waals surface area contributed by atoms with Crippen molar-refractivity contribution in [2.75, 3.05) is 6.54 Å². The third-order valence-corrected chi connectivity index (χ3v) is 0.414. The largest absolute Gasteiger partial charge is 0.465 e. The van der Waals surface area contributed by atoms with E-state index < -0.39 is 11.8 Å². The maximum absolute atomic E-state index is 9.80. The minimum absolute atomic E-state index is 0.324. The van der Waals surface area contributed by atoms with Crippen molar-refractivity contribution in [3.05, 3.63) is 0 Å². The summed E-state index contributed by atoms with van der Waals surface area (Å²) < 4.78 is 0.